The predicted molar refractivity (Wildman–Crippen MR) is 83.3 cm³/mol. The van der Waals surface area contributed by atoms with Gasteiger partial charge in [-0.15, -0.1) is 0 Å². The maximum atomic E-state index is 12.0. The van der Waals surface area contributed by atoms with Crippen LogP contribution in [0, 0.1) is 0 Å². The third-order valence-electron chi connectivity index (χ3n) is 3.09. The van der Waals surface area contributed by atoms with Crippen molar-refractivity contribution in [1.29, 1.82) is 0 Å². The minimum atomic E-state index is -0.122. The summed E-state index contributed by atoms with van der Waals surface area (Å²) in [6.45, 7) is 6.59. The van der Waals surface area contributed by atoms with Gasteiger partial charge >= 0.3 is 0 Å². The Hall–Kier alpha value is -2.14. The zero-order valence-corrected chi connectivity index (χ0v) is 12.7. The molecule has 0 saturated heterocycles. The molecule has 0 spiro atoms. The van der Waals surface area contributed by atoms with Crippen molar-refractivity contribution in [3.63, 3.8) is 0 Å². The van der Waals surface area contributed by atoms with Gasteiger partial charge in [-0.25, -0.2) is 4.68 Å². The fourth-order valence-electron chi connectivity index (χ4n) is 2.07. The number of nitrogens with two attached hydrogens (primary N) is 1. The maximum absolute atomic E-state index is 12.0. The Kier molecular flexibility index (Phi) is 4.75. The third-order valence-corrected chi connectivity index (χ3v) is 3.09. The van der Waals surface area contributed by atoms with Crippen molar-refractivity contribution in [3.05, 3.63) is 46.2 Å². The number of hydrogen-bond acceptors (Lipinski definition) is 4. The van der Waals surface area contributed by atoms with Crippen LogP contribution in [0.3, 0.4) is 0 Å². The van der Waals surface area contributed by atoms with Crippen LogP contribution in [0.5, 0.6) is 5.75 Å². The molecular formula is C16H21N3O2. The zero-order chi connectivity index (χ0) is 15.4. The van der Waals surface area contributed by atoms with E-state index in [2.05, 4.69) is 5.10 Å². The molecule has 0 fully saturated rings. The number of benzene rings is 1. The molecule has 1 aromatic heterocycles. The lowest BCUT2D eigenvalue weighted by Crippen LogP contribution is -2.27. The summed E-state index contributed by atoms with van der Waals surface area (Å²) in [6.07, 6.45) is 0.139. The fraction of sp³-hybridized carbons (Fsp3) is 0.375. The minimum absolute atomic E-state index is 0.122. The zero-order valence-electron chi connectivity index (χ0n) is 12.7. The highest BCUT2D eigenvalue weighted by molar-refractivity contribution is 5.60. The van der Waals surface area contributed by atoms with Crippen LogP contribution in [0.1, 0.15) is 26.3 Å². The Morgan fingerprint density at radius 3 is 2.48 bits per heavy atom. The molecule has 2 N–H and O–H groups in total. The summed E-state index contributed by atoms with van der Waals surface area (Å²) < 4.78 is 7.06. The molecule has 0 atom stereocenters. The van der Waals surface area contributed by atoms with Gasteiger partial charge in [0.1, 0.15) is 5.75 Å². The number of aryl methyl sites for hydroxylation is 1. The molecule has 5 nitrogen and oxygen atoms in total. The van der Waals surface area contributed by atoms with E-state index in [9.17, 15) is 4.79 Å². The summed E-state index contributed by atoms with van der Waals surface area (Å²) in [5.74, 6) is 0.816. The Morgan fingerprint density at radius 1 is 1.29 bits per heavy atom. The van der Waals surface area contributed by atoms with Crippen LogP contribution < -0.4 is 16.0 Å². The Morgan fingerprint density at radius 2 is 1.95 bits per heavy atom. The van der Waals surface area contributed by atoms with Crippen LogP contribution in [-0.4, -0.2) is 15.9 Å². The molecule has 2 rings (SSSR count). The maximum Gasteiger partial charge on any atom is 0.271 e. The summed E-state index contributed by atoms with van der Waals surface area (Å²) in [6, 6.07) is 9.43. The van der Waals surface area contributed by atoms with Crippen molar-refractivity contribution in [2.24, 2.45) is 5.73 Å². The van der Waals surface area contributed by atoms with Crippen LogP contribution in [0.2, 0.25) is 0 Å². The molecular weight excluding hydrogens is 266 g/mol. The molecule has 0 radical (unpaired) electrons. The largest absolute Gasteiger partial charge is 0.491 e. The highest BCUT2D eigenvalue weighted by atomic mass is 16.5. The molecule has 112 valence electrons. The van der Waals surface area contributed by atoms with Gasteiger partial charge in [0.15, 0.2) is 0 Å². The Balaban J connectivity index is 2.39. The lowest BCUT2D eigenvalue weighted by molar-refractivity contribution is 0.242. The van der Waals surface area contributed by atoms with Crippen LogP contribution in [0.15, 0.2) is 35.1 Å². The van der Waals surface area contributed by atoms with Crippen molar-refractivity contribution in [2.75, 3.05) is 0 Å². The first-order chi connectivity index (χ1) is 10.0. The van der Waals surface area contributed by atoms with Gasteiger partial charge in [0, 0.05) is 24.2 Å². The van der Waals surface area contributed by atoms with Gasteiger partial charge in [0.05, 0.1) is 11.8 Å². The summed E-state index contributed by atoms with van der Waals surface area (Å²) in [4.78, 5) is 12.0. The number of aromatic nitrogens is 2. The van der Waals surface area contributed by atoms with Gasteiger partial charge < -0.3 is 10.5 Å². The first kappa shape index (κ1) is 15.3. The van der Waals surface area contributed by atoms with Gasteiger partial charge in [-0.3, -0.25) is 4.79 Å². The number of rotatable bonds is 5. The molecule has 1 heterocycles. The minimum Gasteiger partial charge on any atom is -0.491 e. The van der Waals surface area contributed by atoms with E-state index in [1.165, 1.54) is 4.68 Å². The van der Waals surface area contributed by atoms with Crippen molar-refractivity contribution in [1.82, 2.24) is 9.78 Å². The molecule has 0 bridgehead atoms. The smallest absolute Gasteiger partial charge is 0.271 e. The number of hydrogen-bond donors (Lipinski definition) is 1. The molecule has 21 heavy (non-hydrogen) atoms. The van der Waals surface area contributed by atoms with Crippen molar-refractivity contribution < 1.29 is 4.74 Å². The topological polar surface area (TPSA) is 70.1 Å². The van der Waals surface area contributed by atoms with E-state index in [0.717, 1.165) is 17.0 Å². The number of nitrogens with zero attached hydrogens (tertiary/aromatic N) is 2. The Bertz CT molecular complexity index is 632. The van der Waals surface area contributed by atoms with Crippen LogP contribution in [0.4, 0.5) is 0 Å². The monoisotopic (exact) mass is 287 g/mol. The van der Waals surface area contributed by atoms with Crippen molar-refractivity contribution in [2.45, 2.75) is 40.0 Å². The summed E-state index contributed by atoms with van der Waals surface area (Å²) in [7, 11) is 0. The molecule has 0 unspecified atom stereocenters. The quantitative estimate of drug-likeness (QED) is 0.915. The van der Waals surface area contributed by atoms with Gasteiger partial charge in [0.25, 0.3) is 5.56 Å². The van der Waals surface area contributed by atoms with Gasteiger partial charge in [-0.1, -0.05) is 0 Å². The predicted octanol–water partition coefficient (Wildman–Crippen LogP) is 2.18. The summed E-state index contributed by atoms with van der Waals surface area (Å²) in [5.41, 5.74) is 7.77. The second-order valence-electron chi connectivity index (χ2n) is 5.07. The first-order valence-electron chi connectivity index (χ1n) is 7.13. The molecule has 0 aliphatic carbocycles. The average Bonchev–Trinajstić information content (AvgIpc) is 2.48. The highest BCUT2D eigenvalue weighted by Crippen LogP contribution is 2.21. The molecule has 0 aliphatic heterocycles. The lowest BCUT2D eigenvalue weighted by atomic mass is 10.1. The summed E-state index contributed by atoms with van der Waals surface area (Å²) in [5, 5.41) is 4.37. The van der Waals surface area contributed by atoms with E-state index in [1.54, 1.807) is 6.07 Å². The second-order valence-corrected chi connectivity index (χ2v) is 5.07. The first-order valence-corrected chi connectivity index (χ1v) is 7.13. The lowest BCUT2D eigenvalue weighted by Gasteiger charge is -2.11. The molecule has 5 heteroatoms. The van der Waals surface area contributed by atoms with Crippen LogP contribution in [-0.2, 0) is 13.1 Å². The average molecular weight is 287 g/mol. The van der Waals surface area contributed by atoms with Crippen molar-refractivity contribution >= 4 is 0 Å². The number of ether oxygens (including phenoxy) is 1. The van der Waals surface area contributed by atoms with Crippen molar-refractivity contribution in [3.8, 4) is 17.0 Å². The van der Waals surface area contributed by atoms with E-state index in [0.29, 0.717) is 12.1 Å². The van der Waals surface area contributed by atoms with Crippen LogP contribution in [0.25, 0.3) is 11.3 Å². The third kappa shape index (κ3) is 3.49. The van der Waals surface area contributed by atoms with Gasteiger partial charge in [-0.05, 0) is 51.1 Å². The van der Waals surface area contributed by atoms with E-state index in [1.807, 2.05) is 45.0 Å². The highest BCUT2D eigenvalue weighted by Gasteiger charge is 2.08. The van der Waals surface area contributed by atoms with Gasteiger partial charge in [0.2, 0.25) is 0 Å². The molecule has 0 saturated carbocycles. The Labute approximate surface area is 124 Å². The van der Waals surface area contributed by atoms with E-state index < -0.39 is 0 Å². The van der Waals surface area contributed by atoms with E-state index in [-0.39, 0.29) is 18.2 Å². The SMILES string of the molecule is CCn1nc(-c2ccc(OC(C)C)cc2)cc(CN)c1=O. The summed E-state index contributed by atoms with van der Waals surface area (Å²) >= 11 is 0. The van der Waals surface area contributed by atoms with E-state index >= 15 is 0 Å². The molecule has 0 aliphatic rings. The standard InChI is InChI=1S/C16H21N3O2/c1-4-19-16(20)13(10-17)9-15(18-19)12-5-7-14(8-6-12)21-11(2)3/h5-9,11H,4,10,17H2,1-3H3. The fourth-order valence-corrected chi connectivity index (χ4v) is 2.07. The van der Waals surface area contributed by atoms with E-state index in [4.69, 9.17) is 10.5 Å². The molecule has 1 aromatic carbocycles. The molecule has 2 aromatic rings. The van der Waals surface area contributed by atoms with Crippen LogP contribution >= 0.6 is 0 Å². The molecule has 0 amide bonds. The normalized spacial score (nSPS) is 10.9. The second kappa shape index (κ2) is 6.54. The van der Waals surface area contributed by atoms with Gasteiger partial charge in [-0.2, -0.15) is 5.10 Å².